The summed E-state index contributed by atoms with van der Waals surface area (Å²) in [4.78, 5) is 0. The van der Waals surface area contributed by atoms with E-state index in [1.54, 1.807) is 0 Å². The zero-order chi connectivity index (χ0) is 15.5. The lowest BCUT2D eigenvalue weighted by molar-refractivity contribution is 1.39. The summed E-state index contributed by atoms with van der Waals surface area (Å²) in [5.74, 6) is 0. The van der Waals surface area contributed by atoms with Gasteiger partial charge in [0.05, 0.1) is 0 Å². The molecule has 0 aliphatic heterocycles. The summed E-state index contributed by atoms with van der Waals surface area (Å²) in [5, 5.41) is 3.51. The minimum absolute atomic E-state index is 1.09. The standard InChI is InChI=1S/C20H18BrN/c1-14-6-3-4-7-18(14)19-8-5-9-20(15(19)2)22-17-12-10-16(21)11-13-17/h3-13,22H,1-2H3. The quantitative estimate of drug-likeness (QED) is 0.569. The Labute approximate surface area is 140 Å². The van der Waals surface area contributed by atoms with E-state index < -0.39 is 0 Å². The van der Waals surface area contributed by atoms with Crippen LogP contribution in [0.25, 0.3) is 11.1 Å². The molecule has 0 saturated carbocycles. The summed E-state index contributed by atoms with van der Waals surface area (Å²) in [6, 6.07) is 23.2. The molecule has 0 heterocycles. The molecule has 110 valence electrons. The number of rotatable bonds is 3. The van der Waals surface area contributed by atoms with Crippen LogP contribution in [0.15, 0.2) is 71.2 Å². The van der Waals surface area contributed by atoms with Crippen LogP contribution in [0.4, 0.5) is 11.4 Å². The first-order chi connectivity index (χ1) is 10.6. The molecule has 2 heteroatoms. The Morgan fingerprint density at radius 3 is 2.14 bits per heavy atom. The zero-order valence-electron chi connectivity index (χ0n) is 12.7. The summed E-state index contributed by atoms with van der Waals surface area (Å²) in [7, 11) is 0. The number of halogens is 1. The second-order valence-corrected chi connectivity index (χ2v) is 6.34. The van der Waals surface area contributed by atoms with E-state index in [4.69, 9.17) is 0 Å². The van der Waals surface area contributed by atoms with E-state index >= 15 is 0 Å². The van der Waals surface area contributed by atoms with Gasteiger partial charge >= 0.3 is 0 Å². The van der Waals surface area contributed by atoms with Crippen LogP contribution in [0, 0.1) is 13.8 Å². The third-order valence-electron chi connectivity index (χ3n) is 3.89. The average Bonchev–Trinajstić information content (AvgIpc) is 2.52. The van der Waals surface area contributed by atoms with Crippen LogP contribution in [-0.4, -0.2) is 0 Å². The van der Waals surface area contributed by atoms with Crippen LogP contribution in [-0.2, 0) is 0 Å². The molecule has 3 rings (SSSR count). The number of aryl methyl sites for hydroxylation is 1. The largest absolute Gasteiger partial charge is 0.355 e. The summed E-state index contributed by atoms with van der Waals surface area (Å²) in [6.45, 7) is 4.33. The molecule has 0 aromatic heterocycles. The summed E-state index contributed by atoms with van der Waals surface area (Å²) in [6.07, 6.45) is 0. The number of anilines is 2. The van der Waals surface area contributed by atoms with Crippen LogP contribution >= 0.6 is 15.9 Å². The van der Waals surface area contributed by atoms with Gasteiger partial charge in [-0.05, 0) is 66.4 Å². The van der Waals surface area contributed by atoms with Gasteiger partial charge in [-0.3, -0.25) is 0 Å². The summed E-state index contributed by atoms with van der Waals surface area (Å²) < 4.78 is 1.09. The molecule has 3 aromatic rings. The fourth-order valence-corrected chi connectivity index (χ4v) is 2.89. The predicted octanol–water partition coefficient (Wildman–Crippen LogP) is 6.48. The summed E-state index contributed by atoms with van der Waals surface area (Å²) in [5.41, 5.74) is 7.36. The maximum absolute atomic E-state index is 3.51. The van der Waals surface area contributed by atoms with E-state index in [0.717, 1.165) is 15.8 Å². The van der Waals surface area contributed by atoms with Gasteiger partial charge in [-0.2, -0.15) is 0 Å². The van der Waals surface area contributed by atoms with Crippen molar-refractivity contribution in [1.29, 1.82) is 0 Å². The Hall–Kier alpha value is -2.06. The molecule has 1 nitrogen and oxygen atoms in total. The number of benzene rings is 3. The highest BCUT2D eigenvalue weighted by molar-refractivity contribution is 9.10. The molecule has 0 spiro atoms. The lowest BCUT2D eigenvalue weighted by atomic mass is 9.95. The predicted molar refractivity (Wildman–Crippen MR) is 98.8 cm³/mol. The van der Waals surface area contributed by atoms with Gasteiger partial charge in [-0.25, -0.2) is 0 Å². The molecule has 0 saturated heterocycles. The second kappa shape index (κ2) is 6.37. The van der Waals surface area contributed by atoms with Gasteiger partial charge < -0.3 is 5.32 Å². The summed E-state index contributed by atoms with van der Waals surface area (Å²) >= 11 is 3.47. The molecule has 1 N–H and O–H groups in total. The molecular formula is C20H18BrN. The van der Waals surface area contributed by atoms with Gasteiger partial charge in [0.2, 0.25) is 0 Å². The third-order valence-corrected chi connectivity index (χ3v) is 4.42. The highest BCUT2D eigenvalue weighted by atomic mass is 79.9. The molecule has 22 heavy (non-hydrogen) atoms. The first kappa shape index (κ1) is 14.9. The van der Waals surface area contributed by atoms with E-state index in [-0.39, 0.29) is 0 Å². The molecule has 0 radical (unpaired) electrons. The van der Waals surface area contributed by atoms with Crippen molar-refractivity contribution in [2.45, 2.75) is 13.8 Å². The SMILES string of the molecule is Cc1ccccc1-c1cccc(Nc2ccc(Br)cc2)c1C. The van der Waals surface area contributed by atoms with Gasteiger partial charge in [-0.1, -0.05) is 52.3 Å². The highest BCUT2D eigenvalue weighted by Crippen LogP contribution is 2.32. The number of hydrogen-bond donors (Lipinski definition) is 1. The maximum Gasteiger partial charge on any atom is 0.0420 e. The van der Waals surface area contributed by atoms with Gasteiger partial charge in [0.1, 0.15) is 0 Å². The molecule has 0 unspecified atom stereocenters. The molecule has 0 aliphatic carbocycles. The first-order valence-corrected chi connectivity index (χ1v) is 8.12. The van der Waals surface area contributed by atoms with Crippen molar-refractivity contribution in [1.82, 2.24) is 0 Å². The number of hydrogen-bond acceptors (Lipinski definition) is 1. The lowest BCUT2D eigenvalue weighted by Crippen LogP contribution is -1.95. The smallest absolute Gasteiger partial charge is 0.0420 e. The van der Waals surface area contributed by atoms with Crippen LogP contribution in [0.2, 0.25) is 0 Å². The Kier molecular flexibility index (Phi) is 4.30. The Morgan fingerprint density at radius 1 is 0.727 bits per heavy atom. The van der Waals surface area contributed by atoms with E-state index in [9.17, 15) is 0 Å². The fraction of sp³-hybridized carbons (Fsp3) is 0.100. The third kappa shape index (κ3) is 3.07. The lowest BCUT2D eigenvalue weighted by Gasteiger charge is -2.15. The van der Waals surface area contributed by atoms with Crippen molar-refractivity contribution < 1.29 is 0 Å². The van der Waals surface area contributed by atoms with Crippen LogP contribution < -0.4 is 5.32 Å². The zero-order valence-corrected chi connectivity index (χ0v) is 14.3. The average molecular weight is 352 g/mol. The van der Waals surface area contributed by atoms with Crippen molar-refractivity contribution in [2.75, 3.05) is 5.32 Å². The molecular weight excluding hydrogens is 334 g/mol. The van der Waals surface area contributed by atoms with Crippen LogP contribution in [0.5, 0.6) is 0 Å². The minimum atomic E-state index is 1.09. The molecule has 0 fully saturated rings. The van der Waals surface area contributed by atoms with Gasteiger partial charge in [0.15, 0.2) is 0 Å². The van der Waals surface area contributed by atoms with Crippen molar-refractivity contribution in [3.8, 4) is 11.1 Å². The van der Waals surface area contributed by atoms with Crippen molar-refractivity contribution >= 4 is 27.3 Å². The number of nitrogens with one attached hydrogen (secondary N) is 1. The first-order valence-electron chi connectivity index (χ1n) is 7.33. The van der Waals surface area contributed by atoms with Crippen molar-refractivity contribution in [3.05, 3.63) is 82.3 Å². The normalized spacial score (nSPS) is 10.5. The van der Waals surface area contributed by atoms with Crippen molar-refractivity contribution in [2.24, 2.45) is 0 Å². The monoisotopic (exact) mass is 351 g/mol. The Morgan fingerprint density at radius 2 is 1.41 bits per heavy atom. The van der Waals surface area contributed by atoms with E-state index in [2.05, 4.69) is 89.7 Å². The highest BCUT2D eigenvalue weighted by Gasteiger charge is 2.08. The fourth-order valence-electron chi connectivity index (χ4n) is 2.63. The van der Waals surface area contributed by atoms with Gasteiger partial charge in [-0.15, -0.1) is 0 Å². The van der Waals surface area contributed by atoms with E-state index in [0.29, 0.717) is 0 Å². The van der Waals surface area contributed by atoms with Gasteiger partial charge in [0.25, 0.3) is 0 Å². The second-order valence-electron chi connectivity index (χ2n) is 5.42. The van der Waals surface area contributed by atoms with Gasteiger partial charge in [0, 0.05) is 15.8 Å². The van der Waals surface area contributed by atoms with E-state index in [1.165, 1.54) is 22.3 Å². The molecule has 3 aromatic carbocycles. The van der Waals surface area contributed by atoms with Crippen LogP contribution in [0.3, 0.4) is 0 Å². The Bertz CT molecular complexity index is 791. The molecule has 0 aliphatic rings. The molecule has 0 bridgehead atoms. The minimum Gasteiger partial charge on any atom is -0.355 e. The maximum atomic E-state index is 3.51. The van der Waals surface area contributed by atoms with Crippen LogP contribution in [0.1, 0.15) is 11.1 Å². The molecule has 0 atom stereocenters. The topological polar surface area (TPSA) is 12.0 Å². The molecule has 0 amide bonds. The van der Waals surface area contributed by atoms with Crippen molar-refractivity contribution in [3.63, 3.8) is 0 Å². The van der Waals surface area contributed by atoms with E-state index in [1.807, 2.05) is 12.1 Å². The Balaban J connectivity index is 1.99.